The van der Waals surface area contributed by atoms with Crippen LogP contribution in [-0.4, -0.2) is 23.1 Å². The SMILES string of the molecule is C=C/C(=C\[As])c1ccc(N=CC)c(C)c1. The van der Waals surface area contributed by atoms with Crippen molar-refractivity contribution in [3.05, 3.63) is 46.8 Å². The molecule has 0 N–H and O–H groups in total. The van der Waals surface area contributed by atoms with Crippen LogP contribution in [0.4, 0.5) is 5.69 Å². The van der Waals surface area contributed by atoms with Crippen molar-refractivity contribution in [2.75, 3.05) is 0 Å². The Labute approximate surface area is 100 Å². The van der Waals surface area contributed by atoms with Crippen LogP contribution in [-0.2, 0) is 0 Å². The summed E-state index contributed by atoms with van der Waals surface area (Å²) in [5, 5.41) is 0. The molecule has 0 heterocycles. The second kappa shape index (κ2) is 5.72. The van der Waals surface area contributed by atoms with Crippen molar-refractivity contribution in [1.29, 1.82) is 0 Å². The van der Waals surface area contributed by atoms with E-state index in [4.69, 9.17) is 0 Å². The Morgan fingerprint density at radius 2 is 2.20 bits per heavy atom. The summed E-state index contributed by atoms with van der Waals surface area (Å²) in [6.45, 7) is 7.78. The van der Waals surface area contributed by atoms with Crippen molar-refractivity contribution < 1.29 is 0 Å². The normalized spacial score (nSPS) is 12.1. The average molecular weight is 259 g/mol. The van der Waals surface area contributed by atoms with Gasteiger partial charge in [-0.15, -0.1) is 0 Å². The predicted octanol–water partition coefficient (Wildman–Crippen LogP) is 3.41. The molecule has 1 aromatic carbocycles. The summed E-state index contributed by atoms with van der Waals surface area (Å²) >= 11 is 2.45. The maximum atomic E-state index is 4.28. The van der Waals surface area contributed by atoms with Gasteiger partial charge in [0, 0.05) is 0 Å². The molecule has 0 spiro atoms. The fraction of sp³-hybridized carbons (Fsp3) is 0.154. The van der Waals surface area contributed by atoms with E-state index in [-0.39, 0.29) is 0 Å². The van der Waals surface area contributed by atoms with E-state index in [9.17, 15) is 0 Å². The van der Waals surface area contributed by atoms with E-state index in [0.717, 1.165) is 11.3 Å². The van der Waals surface area contributed by atoms with E-state index in [1.165, 1.54) is 11.1 Å². The zero-order valence-corrected chi connectivity index (χ0v) is 10.9. The maximum absolute atomic E-state index is 4.28. The Hall–Kier alpha value is -1.07. The van der Waals surface area contributed by atoms with Gasteiger partial charge in [0.05, 0.1) is 0 Å². The van der Waals surface area contributed by atoms with E-state index >= 15 is 0 Å². The number of nitrogens with zero attached hydrogens (tertiary/aromatic N) is 1. The zero-order valence-electron chi connectivity index (χ0n) is 9.07. The molecular weight excluding hydrogens is 245 g/mol. The summed E-state index contributed by atoms with van der Waals surface area (Å²) in [4.78, 5) is 6.28. The molecule has 1 nitrogen and oxygen atoms in total. The molecule has 0 bridgehead atoms. The molecule has 76 valence electrons. The Balaban J connectivity index is 3.16. The van der Waals surface area contributed by atoms with Gasteiger partial charge in [-0.2, -0.15) is 0 Å². The first-order valence-electron chi connectivity index (χ1n) is 4.79. The van der Waals surface area contributed by atoms with E-state index in [1.54, 1.807) is 0 Å². The molecule has 0 fully saturated rings. The molecule has 0 aliphatic rings. The van der Waals surface area contributed by atoms with Crippen molar-refractivity contribution in [3.8, 4) is 0 Å². The van der Waals surface area contributed by atoms with Gasteiger partial charge in [0.25, 0.3) is 0 Å². The molecule has 0 amide bonds. The second-order valence-electron chi connectivity index (χ2n) is 3.18. The van der Waals surface area contributed by atoms with Crippen LogP contribution >= 0.6 is 0 Å². The molecule has 2 heteroatoms. The fourth-order valence-corrected chi connectivity index (χ4v) is 1.90. The molecule has 0 aliphatic heterocycles. The van der Waals surface area contributed by atoms with Gasteiger partial charge in [-0.3, -0.25) is 0 Å². The molecule has 15 heavy (non-hydrogen) atoms. The van der Waals surface area contributed by atoms with Crippen molar-refractivity contribution in [1.82, 2.24) is 0 Å². The van der Waals surface area contributed by atoms with Crippen LogP contribution in [0.1, 0.15) is 18.1 Å². The zero-order chi connectivity index (χ0) is 11.3. The quantitative estimate of drug-likeness (QED) is 0.448. The van der Waals surface area contributed by atoms with E-state index in [0.29, 0.717) is 0 Å². The summed E-state index contributed by atoms with van der Waals surface area (Å²) < 4.78 is 0. The third kappa shape index (κ3) is 2.94. The van der Waals surface area contributed by atoms with Gasteiger partial charge in [0.1, 0.15) is 0 Å². The van der Waals surface area contributed by atoms with Crippen molar-refractivity contribution >= 4 is 34.3 Å². The Morgan fingerprint density at radius 3 is 2.67 bits per heavy atom. The van der Waals surface area contributed by atoms with Gasteiger partial charge in [-0.25, -0.2) is 0 Å². The number of hydrogen-bond acceptors (Lipinski definition) is 1. The molecule has 0 unspecified atom stereocenters. The minimum absolute atomic E-state index is 1.02. The van der Waals surface area contributed by atoms with Gasteiger partial charge in [-0.05, 0) is 0 Å². The van der Waals surface area contributed by atoms with Crippen LogP contribution in [0, 0.1) is 6.92 Å². The first-order chi connectivity index (χ1) is 7.22. The Bertz CT molecular complexity index is 417. The molecule has 0 saturated heterocycles. The van der Waals surface area contributed by atoms with Gasteiger partial charge < -0.3 is 0 Å². The minimum atomic E-state index is 1.02. The topological polar surface area (TPSA) is 12.4 Å². The number of rotatable bonds is 3. The third-order valence-corrected chi connectivity index (χ3v) is 2.74. The number of allylic oxidation sites excluding steroid dienone is 2. The summed E-state index contributed by atoms with van der Waals surface area (Å²) in [7, 11) is 0. The van der Waals surface area contributed by atoms with Crippen LogP contribution < -0.4 is 0 Å². The van der Waals surface area contributed by atoms with Crippen molar-refractivity contribution in [2.24, 2.45) is 4.99 Å². The molecule has 1 aromatic rings. The van der Waals surface area contributed by atoms with E-state index in [2.05, 4.69) is 47.5 Å². The average Bonchev–Trinajstić information content (AvgIpc) is 2.24. The van der Waals surface area contributed by atoms with Crippen LogP contribution in [0.15, 0.2) is 40.7 Å². The van der Waals surface area contributed by atoms with Crippen LogP contribution in [0.5, 0.6) is 0 Å². The predicted molar refractivity (Wildman–Crippen MR) is 68.9 cm³/mol. The summed E-state index contributed by atoms with van der Waals surface area (Å²) in [6.07, 6.45) is 3.67. The number of aliphatic imine (C=N–C) groups is 1. The Morgan fingerprint density at radius 1 is 1.47 bits per heavy atom. The van der Waals surface area contributed by atoms with Gasteiger partial charge in [0.15, 0.2) is 0 Å². The number of benzene rings is 1. The Kier molecular flexibility index (Phi) is 4.58. The molecule has 2 radical (unpaired) electrons. The standard InChI is InChI=1S/C13H14AsN/c1-4-11(9-14)12-6-7-13(15-5-2)10(3)8-12/h4-9H,1H2,2-3H3/b11-9+,15-5?. The van der Waals surface area contributed by atoms with Crippen LogP contribution in [0.2, 0.25) is 0 Å². The van der Waals surface area contributed by atoms with Gasteiger partial charge >= 0.3 is 100 Å². The monoisotopic (exact) mass is 259 g/mol. The first kappa shape index (κ1) is 12.0. The van der Waals surface area contributed by atoms with Gasteiger partial charge in [-0.1, -0.05) is 0 Å². The number of aryl methyl sites for hydroxylation is 1. The number of hydrogen-bond donors (Lipinski definition) is 0. The van der Waals surface area contributed by atoms with Crippen molar-refractivity contribution in [2.45, 2.75) is 13.8 Å². The first-order valence-corrected chi connectivity index (χ1v) is 5.87. The van der Waals surface area contributed by atoms with Crippen LogP contribution in [0.3, 0.4) is 0 Å². The molecular formula is C13H14AsN. The molecule has 0 aromatic heterocycles. The van der Waals surface area contributed by atoms with E-state index in [1.807, 2.05) is 30.1 Å². The van der Waals surface area contributed by atoms with E-state index < -0.39 is 0 Å². The molecule has 0 atom stereocenters. The third-order valence-electron chi connectivity index (χ3n) is 2.16. The second-order valence-corrected chi connectivity index (χ2v) is 3.72. The summed E-state index contributed by atoms with van der Waals surface area (Å²) in [6, 6.07) is 6.23. The molecule has 0 aliphatic carbocycles. The fourth-order valence-electron chi connectivity index (χ4n) is 1.36. The van der Waals surface area contributed by atoms with Crippen LogP contribution in [0.25, 0.3) is 5.57 Å². The molecule has 1 rings (SSSR count). The summed E-state index contributed by atoms with van der Waals surface area (Å²) in [5.41, 5.74) is 4.51. The van der Waals surface area contributed by atoms with Gasteiger partial charge in [0.2, 0.25) is 0 Å². The summed E-state index contributed by atoms with van der Waals surface area (Å²) in [5.74, 6) is 0. The van der Waals surface area contributed by atoms with Crippen molar-refractivity contribution in [3.63, 3.8) is 0 Å². The molecule has 0 saturated carbocycles.